The normalized spacial score (nSPS) is 24.2. The van der Waals surface area contributed by atoms with Gasteiger partial charge >= 0.3 is 0 Å². The van der Waals surface area contributed by atoms with E-state index in [1.54, 1.807) is 0 Å². The molecule has 2 rings (SSSR count). The second-order valence-electron chi connectivity index (χ2n) is 4.63. The van der Waals surface area contributed by atoms with E-state index in [1.807, 2.05) is 0 Å². The lowest BCUT2D eigenvalue weighted by atomic mass is 9.93. The standard InChI is InChI=1S/C13H13F2N3O2S/c1-12(10(20)18-11(17-2)21-12)13(14,15)8-5-3-7(4-6-8)9(16)19/h3-6H,1-2H3,(H2,16,19)(H,17,18,20). The summed E-state index contributed by atoms with van der Waals surface area (Å²) in [4.78, 5) is 26.6. The molecule has 5 nitrogen and oxygen atoms in total. The van der Waals surface area contributed by atoms with Crippen LogP contribution >= 0.6 is 11.8 Å². The molecule has 2 amide bonds. The number of benzene rings is 1. The molecule has 1 aliphatic rings. The highest BCUT2D eigenvalue weighted by atomic mass is 32.2. The Hall–Kier alpha value is -1.96. The number of alkyl halides is 2. The van der Waals surface area contributed by atoms with Crippen molar-refractivity contribution in [3.63, 3.8) is 0 Å². The number of rotatable bonds is 3. The van der Waals surface area contributed by atoms with Crippen LogP contribution in [0.25, 0.3) is 0 Å². The number of hydrogen-bond donors (Lipinski definition) is 2. The fourth-order valence-electron chi connectivity index (χ4n) is 1.91. The van der Waals surface area contributed by atoms with E-state index in [1.165, 1.54) is 19.2 Å². The van der Waals surface area contributed by atoms with Gasteiger partial charge in [-0.2, -0.15) is 8.78 Å². The number of nitrogens with one attached hydrogen (secondary N) is 1. The number of primary amides is 1. The number of thioether (sulfide) groups is 1. The molecule has 1 heterocycles. The van der Waals surface area contributed by atoms with Crippen molar-refractivity contribution in [2.45, 2.75) is 17.6 Å². The molecule has 0 saturated carbocycles. The maximum absolute atomic E-state index is 14.7. The van der Waals surface area contributed by atoms with Crippen LogP contribution in [0.3, 0.4) is 0 Å². The summed E-state index contributed by atoms with van der Waals surface area (Å²) in [7, 11) is 1.41. The van der Waals surface area contributed by atoms with Crippen molar-refractivity contribution >= 4 is 28.7 Å². The lowest BCUT2D eigenvalue weighted by Crippen LogP contribution is -2.47. The zero-order valence-corrected chi connectivity index (χ0v) is 12.1. The summed E-state index contributed by atoms with van der Waals surface area (Å²) in [5.41, 5.74) is 4.83. The van der Waals surface area contributed by atoms with Gasteiger partial charge in [-0.25, -0.2) is 0 Å². The van der Waals surface area contributed by atoms with Gasteiger partial charge in [0, 0.05) is 18.2 Å². The minimum Gasteiger partial charge on any atom is -0.366 e. The van der Waals surface area contributed by atoms with Gasteiger partial charge in [0.05, 0.1) is 0 Å². The van der Waals surface area contributed by atoms with E-state index in [2.05, 4.69) is 10.3 Å². The molecule has 1 saturated heterocycles. The summed E-state index contributed by atoms with van der Waals surface area (Å²) in [6, 6.07) is 4.61. The molecule has 8 heteroatoms. The summed E-state index contributed by atoms with van der Waals surface area (Å²) in [5.74, 6) is -4.95. The number of halogens is 2. The molecule has 1 aromatic rings. The average Bonchev–Trinajstić information content (AvgIpc) is 2.76. The number of hydrogen-bond acceptors (Lipinski definition) is 4. The first-order valence-electron chi connectivity index (χ1n) is 5.98. The predicted octanol–water partition coefficient (Wildman–Crippen LogP) is 1.48. The first kappa shape index (κ1) is 15.4. The Morgan fingerprint density at radius 3 is 2.38 bits per heavy atom. The Morgan fingerprint density at radius 2 is 1.95 bits per heavy atom. The van der Waals surface area contributed by atoms with Crippen molar-refractivity contribution in [3.05, 3.63) is 35.4 Å². The quantitative estimate of drug-likeness (QED) is 0.886. The van der Waals surface area contributed by atoms with Crippen LogP contribution in [-0.2, 0) is 10.7 Å². The van der Waals surface area contributed by atoms with Crippen LogP contribution in [0.1, 0.15) is 22.8 Å². The Balaban J connectivity index is 2.41. The SMILES string of the molecule is CN=C1NC(=O)C(C)(C(F)(F)c2ccc(C(N)=O)cc2)S1. The first-order valence-corrected chi connectivity index (χ1v) is 6.79. The van der Waals surface area contributed by atoms with Crippen molar-refractivity contribution in [2.75, 3.05) is 7.05 Å². The second kappa shape index (κ2) is 5.10. The molecule has 1 atom stereocenters. The molecular formula is C13H13F2N3O2S. The number of amidine groups is 1. The largest absolute Gasteiger partial charge is 0.366 e. The topological polar surface area (TPSA) is 84.6 Å². The minimum absolute atomic E-state index is 0.124. The molecule has 112 valence electrons. The molecule has 0 aromatic heterocycles. The van der Waals surface area contributed by atoms with E-state index in [0.717, 1.165) is 19.1 Å². The van der Waals surface area contributed by atoms with Crippen LogP contribution in [0.2, 0.25) is 0 Å². The summed E-state index contributed by atoms with van der Waals surface area (Å²) < 4.78 is 27.4. The van der Waals surface area contributed by atoms with E-state index in [0.29, 0.717) is 11.8 Å². The highest BCUT2D eigenvalue weighted by Crippen LogP contribution is 2.50. The molecule has 21 heavy (non-hydrogen) atoms. The second-order valence-corrected chi connectivity index (χ2v) is 6.04. The number of carbonyl (C=O) groups is 2. The van der Waals surface area contributed by atoms with E-state index >= 15 is 0 Å². The first-order chi connectivity index (χ1) is 9.72. The van der Waals surface area contributed by atoms with Gasteiger partial charge in [0.1, 0.15) is 0 Å². The van der Waals surface area contributed by atoms with Crippen LogP contribution in [0.15, 0.2) is 29.3 Å². The van der Waals surface area contributed by atoms with Gasteiger partial charge in [0.25, 0.3) is 5.92 Å². The van der Waals surface area contributed by atoms with E-state index in [9.17, 15) is 18.4 Å². The molecule has 0 radical (unpaired) electrons. The van der Waals surface area contributed by atoms with Crippen LogP contribution < -0.4 is 11.1 Å². The monoisotopic (exact) mass is 313 g/mol. The third-order valence-corrected chi connectivity index (χ3v) is 4.62. The fraction of sp³-hybridized carbons (Fsp3) is 0.308. The molecule has 0 spiro atoms. The average molecular weight is 313 g/mol. The Bertz CT molecular complexity index is 631. The molecular weight excluding hydrogens is 300 g/mol. The molecule has 0 bridgehead atoms. The molecule has 1 aromatic carbocycles. The highest BCUT2D eigenvalue weighted by Gasteiger charge is 2.61. The van der Waals surface area contributed by atoms with E-state index in [-0.39, 0.29) is 16.3 Å². The minimum atomic E-state index is -3.44. The lowest BCUT2D eigenvalue weighted by molar-refractivity contribution is -0.132. The summed E-state index contributed by atoms with van der Waals surface area (Å²) >= 11 is 0.681. The maximum atomic E-state index is 14.7. The Morgan fingerprint density at radius 1 is 1.38 bits per heavy atom. The third kappa shape index (κ3) is 2.39. The number of amides is 2. The smallest absolute Gasteiger partial charge is 0.296 e. The highest BCUT2D eigenvalue weighted by molar-refractivity contribution is 8.16. The van der Waals surface area contributed by atoms with Gasteiger partial charge in [0.2, 0.25) is 11.8 Å². The molecule has 0 aliphatic carbocycles. The summed E-state index contributed by atoms with van der Waals surface area (Å²) in [5, 5.41) is 2.47. The predicted molar refractivity (Wildman–Crippen MR) is 76.4 cm³/mol. The van der Waals surface area contributed by atoms with Gasteiger partial charge in [-0.05, 0) is 19.1 Å². The van der Waals surface area contributed by atoms with Crippen molar-refractivity contribution in [3.8, 4) is 0 Å². The van der Waals surface area contributed by atoms with E-state index < -0.39 is 22.5 Å². The fourth-order valence-corrected chi connectivity index (χ4v) is 2.92. The molecule has 1 unspecified atom stereocenters. The lowest BCUT2D eigenvalue weighted by Gasteiger charge is -2.30. The maximum Gasteiger partial charge on any atom is 0.296 e. The van der Waals surface area contributed by atoms with Crippen molar-refractivity contribution in [1.82, 2.24) is 5.32 Å². The third-order valence-electron chi connectivity index (χ3n) is 3.29. The molecule has 3 N–H and O–H groups in total. The van der Waals surface area contributed by atoms with Crippen LogP contribution in [-0.4, -0.2) is 28.8 Å². The van der Waals surface area contributed by atoms with Crippen LogP contribution in [0.5, 0.6) is 0 Å². The van der Waals surface area contributed by atoms with Crippen LogP contribution in [0.4, 0.5) is 8.78 Å². The number of nitrogens with two attached hydrogens (primary N) is 1. The van der Waals surface area contributed by atoms with Gasteiger partial charge < -0.3 is 11.1 Å². The van der Waals surface area contributed by atoms with Crippen LogP contribution in [0, 0.1) is 0 Å². The molecule has 1 fully saturated rings. The summed E-state index contributed by atoms with van der Waals surface area (Å²) in [6.07, 6.45) is 0. The van der Waals surface area contributed by atoms with Gasteiger partial charge in [-0.1, -0.05) is 23.9 Å². The number of carbonyl (C=O) groups excluding carboxylic acids is 2. The number of aliphatic imine (C=N–C) groups is 1. The van der Waals surface area contributed by atoms with Gasteiger partial charge in [-0.15, -0.1) is 0 Å². The number of nitrogens with zero attached hydrogens (tertiary/aromatic N) is 1. The molecule has 1 aliphatic heterocycles. The zero-order valence-electron chi connectivity index (χ0n) is 11.3. The summed E-state index contributed by atoms with van der Waals surface area (Å²) in [6.45, 7) is 1.16. The van der Waals surface area contributed by atoms with E-state index in [4.69, 9.17) is 5.73 Å². The Labute approximate surface area is 124 Å². The Kier molecular flexibility index (Phi) is 3.75. The van der Waals surface area contributed by atoms with Crippen molar-refractivity contribution in [1.29, 1.82) is 0 Å². The van der Waals surface area contributed by atoms with Crippen molar-refractivity contribution in [2.24, 2.45) is 10.7 Å². The van der Waals surface area contributed by atoms with Crippen molar-refractivity contribution < 1.29 is 18.4 Å². The zero-order chi connectivity index (χ0) is 15.8. The van der Waals surface area contributed by atoms with Gasteiger partial charge in [0.15, 0.2) is 9.91 Å². The van der Waals surface area contributed by atoms with Gasteiger partial charge in [-0.3, -0.25) is 14.6 Å².